The minimum absolute atomic E-state index is 0.00129. The molecule has 1 N–H and O–H groups in total. The van der Waals surface area contributed by atoms with Crippen LogP contribution in [-0.2, 0) is 9.53 Å². The zero-order chi connectivity index (χ0) is 28.8. The quantitative estimate of drug-likeness (QED) is 0.426. The molecule has 0 aliphatic carbocycles. The molecule has 0 spiro atoms. The number of ether oxygens (including phenoxy) is 1. The molecule has 40 heavy (non-hydrogen) atoms. The zero-order valence-corrected chi connectivity index (χ0v) is 24.9. The molecular formula is C33H47N3O4. The highest BCUT2D eigenvalue weighted by molar-refractivity contribution is 5.94. The average molecular weight is 550 g/mol. The lowest BCUT2D eigenvalue weighted by Gasteiger charge is -2.48. The van der Waals surface area contributed by atoms with Gasteiger partial charge in [0.2, 0.25) is 0 Å². The Hall–Kier alpha value is -2.90. The fourth-order valence-electron chi connectivity index (χ4n) is 6.24. The summed E-state index contributed by atoms with van der Waals surface area (Å²) < 4.78 is 5.19. The van der Waals surface area contributed by atoms with Crippen LogP contribution in [0.2, 0.25) is 0 Å². The highest BCUT2D eigenvalue weighted by atomic mass is 16.5. The number of phenolic OH excluding ortho intramolecular Hbond substituents is 1. The van der Waals surface area contributed by atoms with Gasteiger partial charge in [-0.2, -0.15) is 0 Å². The van der Waals surface area contributed by atoms with Gasteiger partial charge < -0.3 is 14.7 Å². The van der Waals surface area contributed by atoms with Crippen molar-refractivity contribution in [3.63, 3.8) is 0 Å². The summed E-state index contributed by atoms with van der Waals surface area (Å²) in [5, 5.41) is 10.4. The molecule has 2 aromatic carbocycles. The summed E-state index contributed by atoms with van der Waals surface area (Å²) in [5.74, 6) is 0.619. The molecular weight excluding hydrogens is 502 g/mol. The molecule has 2 fully saturated rings. The van der Waals surface area contributed by atoms with E-state index in [1.54, 1.807) is 6.07 Å². The Labute approximate surface area is 240 Å². The van der Waals surface area contributed by atoms with Crippen molar-refractivity contribution in [1.82, 2.24) is 14.7 Å². The van der Waals surface area contributed by atoms with Crippen molar-refractivity contribution >= 4 is 11.9 Å². The molecule has 2 aliphatic rings. The van der Waals surface area contributed by atoms with Gasteiger partial charge in [-0.3, -0.25) is 19.4 Å². The molecule has 2 aromatic rings. The predicted octanol–water partition coefficient (Wildman–Crippen LogP) is 5.34. The van der Waals surface area contributed by atoms with Crippen molar-refractivity contribution in [3.05, 3.63) is 65.2 Å². The standard InChI is InChI=1S/C33H47N3O4/c1-6-23(3)20-35-21-25(5)36(22-24(35)4)31(28-11-9-13-30(37)19-28)27-10-8-12-29(18-27)32(38)34-16-14-26(15-17-34)33(39)40-7-2/h8-13,18-19,23-26,31,37H,6-7,14-17,20-22H2,1-5H3/t23?,24-,25+,31-/m1/s1. The maximum Gasteiger partial charge on any atom is 0.309 e. The molecule has 0 bridgehead atoms. The van der Waals surface area contributed by atoms with Crippen LogP contribution >= 0.6 is 0 Å². The molecule has 2 aliphatic heterocycles. The van der Waals surface area contributed by atoms with Gasteiger partial charge in [0.25, 0.3) is 5.91 Å². The smallest absolute Gasteiger partial charge is 0.309 e. The molecule has 2 heterocycles. The summed E-state index contributed by atoms with van der Waals surface area (Å²) in [6, 6.07) is 16.1. The third-order valence-corrected chi connectivity index (χ3v) is 8.78. The van der Waals surface area contributed by atoms with E-state index in [1.807, 2.05) is 42.2 Å². The fraction of sp³-hybridized carbons (Fsp3) is 0.576. The van der Waals surface area contributed by atoms with Gasteiger partial charge >= 0.3 is 5.97 Å². The Morgan fingerprint density at radius 1 is 0.975 bits per heavy atom. The molecule has 7 heteroatoms. The second-order valence-electron chi connectivity index (χ2n) is 11.8. The fourth-order valence-corrected chi connectivity index (χ4v) is 6.24. The van der Waals surface area contributed by atoms with E-state index in [1.165, 1.54) is 6.42 Å². The van der Waals surface area contributed by atoms with E-state index in [0.29, 0.717) is 56.1 Å². The molecule has 7 nitrogen and oxygen atoms in total. The lowest BCUT2D eigenvalue weighted by atomic mass is 9.91. The van der Waals surface area contributed by atoms with Crippen LogP contribution in [0.4, 0.5) is 0 Å². The van der Waals surface area contributed by atoms with Gasteiger partial charge in [0, 0.05) is 50.4 Å². The van der Waals surface area contributed by atoms with Crippen LogP contribution in [-0.4, -0.2) is 83.1 Å². The number of nitrogens with zero attached hydrogens (tertiary/aromatic N) is 3. The highest BCUT2D eigenvalue weighted by Crippen LogP contribution is 2.35. The van der Waals surface area contributed by atoms with Crippen LogP contribution in [0.1, 0.15) is 81.4 Å². The largest absolute Gasteiger partial charge is 0.508 e. The number of phenols is 1. The molecule has 1 unspecified atom stereocenters. The number of benzene rings is 2. The molecule has 1 amide bonds. The van der Waals surface area contributed by atoms with Crippen molar-refractivity contribution in [2.45, 2.75) is 72.0 Å². The first-order valence-corrected chi connectivity index (χ1v) is 15.1. The highest BCUT2D eigenvalue weighted by Gasteiger charge is 2.36. The van der Waals surface area contributed by atoms with E-state index < -0.39 is 0 Å². The number of aromatic hydroxyl groups is 1. The SMILES string of the molecule is CCOC(=O)C1CCN(C(=O)c2cccc([C@H](c3cccc(O)c3)N3C[C@@H](C)N(CC(C)CC)C[C@@H]3C)c2)CC1. The van der Waals surface area contributed by atoms with Crippen molar-refractivity contribution in [2.24, 2.45) is 11.8 Å². The number of hydrogen-bond acceptors (Lipinski definition) is 6. The van der Waals surface area contributed by atoms with E-state index >= 15 is 0 Å². The van der Waals surface area contributed by atoms with E-state index in [0.717, 1.165) is 30.8 Å². The normalized spacial score (nSPS) is 22.6. The van der Waals surface area contributed by atoms with Gasteiger partial charge in [-0.1, -0.05) is 44.5 Å². The van der Waals surface area contributed by atoms with Crippen LogP contribution in [0.15, 0.2) is 48.5 Å². The summed E-state index contributed by atoms with van der Waals surface area (Å²) in [5.41, 5.74) is 2.73. The van der Waals surface area contributed by atoms with Crippen molar-refractivity contribution in [1.29, 1.82) is 0 Å². The second kappa shape index (κ2) is 13.6. The van der Waals surface area contributed by atoms with Gasteiger partial charge in [-0.15, -0.1) is 0 Å². The minimum Gasteiger partial charge on any atom is -0.508 e. The molecule has 0 radical (unpaired) electrons. The van der Waals surface area contributed by atoms with Crippen LogP contribution in [0.5, 0.6) is 5.75 Å². The Bertz CT molecular complexity index is 1150. The predicted molar refractivity (Wildman–Crippen MR) is 158 cm³/mol. The third kappa shape index (κ3) is 7.05. The van der Waals surface area contributed by atoms with Crippen LogP contribution in [0, 0.1) is 11.8 Å². The number of piperidine rings is 1. The van der Waals surface area contributed by atoms with Crippen LogP contribution in [0.25, 0.3) is 0 Å². The number of hydrogen-bond donors (Lipinski definition) is 1. The number of rotatable bonds is 9. The summed E-state index contributed by atoms with van der Waals surface area (Å²) in [6.45, 7) is 15.5. The summed E-state index contributed by atoms with van der Waals surface area (Å²) in [4.78, 5) is 32.7. The Morgan fingerprint density at radius 2 is 1.65 bits per heavy atom. The number of carbonyl (C=O) groups is 2. The first-order chi connectivity index (χ1) is 19.2. The topological polar surface area (TPSA) is 73.3 Å². The number of likely N-dealkylation sites (tertiary alicyclic amines) is 1. The van der Waals surface area contributed by atoms with Crippen molar-refractivity contribution < 1.29 is 19.4 Å². The third-order valence-electron chi connectivity index (χ3n) is 8.78. The summed E-state index contributed by atoms with van der Waals surface area (Å²) >= 11 is 0. The van der Waals surface area contributed by atoms with E-state index in [9.17, 15) is 14.7 Å². The number of carbonyl (C=O) groups excluding carboxylic acids is 2. The Balaban J connectivity index is 1.57. The Kier molecular flexibility index (Phi) is 10.3. The van der Waals surface area contributed by atoms with Crippen LogP contribution < -0.4 is 0 Å². The lowest BCUT2D eigenvalue weighted by molar-refractivity contribution is -0.149. The number of piperazine rings is 1. The summed E-state index contributed by atoms with van der Waals surface area (Å²) in [6.07, 6.45) is 2.44. The van der Waals surface area contributed by atoms with Crippen molar-refractivity contribution in [3.8, 4) is 5.75 Å². The molecule has 2 saturated heterocycles. The van der Waals surface area contributed by atoms with Gasteiger partial charge in [-0.25, -0.2) is 0 Å². The average Bonchev–Trinajstić information content (AvgIpc) is 2.95. The zero-order valence-electron chi connectivity index (χ0n) is 24.9. The molecule has 4 atom stereocenters. The minimum atomic E-state index is -0.154. The van der Waals surface area contributed by atoms with Gasteiger partial charge in [0.15, 0.2) is 0 Å². The maximum absolute atomic E-state index is 13.6. The van der Waals surface area contributed by atoms with Gasteiger partial charge in [-0.05, 0) is 74.9 Å². The van der Waals surface area contributed by atoms with E-state index in [4.69, 9.17) is 4.74 Å². The second-order valence-corrected chi connectivity index (χ2v) is 11.8. The first-order valence-electron chi connectivity index (χ1n) is 15.1. The van der Waals surface area contributed by atoms with E-state index in [-0.39, 0.29) is 29.6 Å². The first kappa shape index (κ1) is 30.1. The molecule has 0 saturated carbocycles. The molecule has 4 rings (SSSR count). The Morgan fingerprint density at radius 3 is 2.30 bits per heavy atom. The lowest BCUT2D eigenvalue weighted by Crippen LogP contribution is -2.57. The maximum atomic E-state index is 13.6. The van der Waals surface area contributed by atoms with E-state index in [2.05, 4.69) is 49.6 Å². The van der Waals surface area contributed by atoms with Gasteiger partial charge in [0.1, 0.15) is 5.75 Å². The molecule has 0 aromatic heterocycles. The monoisotopic (exact) mass is 549 g/mol. The molecule has 218 valence electrons. The number of amides is 1. The van der Waals surface area contributed by atoms with Crippen LogP contribution in [0.3, 0.4) is 0 Å². The van der Waals surface area contributed by atoms with Gasteiger partial charge in [0.05, 0.1) is 18.6 Å². The van der Waals surface area contributed by atoms with Crippen molar-refractivity contribution in [2.75, 3.05) is 39.3 Å². The number of esters is 1. The summed E-state index contributed by atoms with van der Waals surface area (Å²) in [7, 11) is 0.